The van der Waals surface area contributed by atoms with Crippen LogP contribution in [-0.4, -0.2) is 22.2 Å². The summed E-state index contributed by atoms with van der Waals surface area (Å²) in [4.78, 5) is 20.8. The first-order valence-corrected chi connectivity index (χ1v) is 2.46. The molecule has 0 radical (unpaired) electrons. The van der Waals surface area contributed by atoms with E-state index in [-0.39, 0.29) is 12.8 Å². The summed E-state index contributed by atoms with van der Waals surface area (Å²) in [6.07, 6.45) is -0.593. The Balaban J connectivity index is 0. The first-order chi connectivity index (χ1) is 5.04. The molecule has 0 heterocycles. The SMILES string of the molecule is O=C(O)CCC(=O)O.[N-]=[N+]=[N-]. The van der Waals surface area contributed by atoms with Gasteiger partial charge in [-0.2, -0.15) is 0 Å². The smallest absolute Gasteiger partial charge is 0.303 e. The summed E-state index contributed by atoms with van der Waals surface area (Å²) < 4.78 is 0. The molecular formula is C4H6N3O4-. The van der Waals surface area contributed by atoms with E-state index in [9.17, 15) is 9.59 Å². The van der Waals surface area contributed by atoms with Crippen molar-refractivity contribution in [2.75, 3.05) is 0 Å². The van der Waals surface area contributed by atoms with E-state index in [0.717, 1.165) is 0 Å². The Morgan fingerprint density at radius 3 is 1.36 bits per heavy atom. The molecule has 0 unspecified atom stereocenters. The number of aliphatic carboxylic acids is 2. The van der Waals surface area contributed by atoms with E-state index in [1.807, 2.05) is 0 Å². The van der Waals surface area contributed by atoms with Gasteiger partial charge in [-0.3, -0.25) is 14.5 Å². The molecule has 7 nitrogen and oxygen atoms in total. The van der Waals surface area contributed by atoms with Gasteiger partial charge in [-0.25, -0.2) is 0 Å². The molecule has 0 amide bonds. The Kier molecular flexibility index (Phi) is 8.98. The molecule has 0 aliphatic heterocycles. The molecule has 0 saturated carbocycles. The molecule has 0 aromatic rings. The number of carboxylic acids is 2. The van der Waals surface area contributed by atoms with Gasteiger partial charge in [0.25, 0.3) is 0 Å². The van der Waals surface area contributed by atoms with Gasteiger partial charge >= 0.3 is 11.9 Å². The lowest BCUT2D eigenvalue weighted by atomic mass is 10.3. The lowest BCUT2D eigenvalue weighted by molar-refractivity contribution is -0.143. The van der Waals surface area contributed by atoms with Crippen molar-refractivity contribution < 1.29 is 19.8 Å². The maximum Gasteiger partial charge on any atom is 0.303 e. The Morgan fingerprint density at radius 2 is 1.27 bits per heavy atom. The lowest BCUT2D eigenvalue weighted by Gasteiger charge is -1.85. The Morgan fingerprint density at radius 1 is 1.09 bits per heavy atom. The topological polar surface area (TPSA) is 133 Å². The number of hydrogen-bond acceptors (Lipinski definition) is 2. The molecule has 0 aliphatic carbocycles. The van der Waals surface area contributed by atoms with Crippen LogP contribution in [-0.2, 0) is 9.59 Å². The predicted octanol–water partition coefficient (Wildman–Crippen LogP) is 0.802. The first kappa shape index (κ1) is 12.0. The second-order valence-corrected chi connectivity index (χ2v) is 1.38. The lowest BCUT2D eigenvalue weighted by Crippen LogP contribution is -2.00. The van der Waals surface area contributed by atoms with E-state index < -0.39 is 11.9 Å². The normalized spacial score (nSPS) is 6.91. The molecule has 0 aromatic carbocycles. The summed E-state index contributed by atoms with van der Waals surface area (Å²) in [6.45, 7) is 0. The van der Waals surface area contributed by atoms with E-state index in [1.54, 1.807) is 0 Å². The molecule has 0 spiro atoms. The molecule has 11 heavy (non-hydrogen) atoms. The number of hydrogen-bond donors (Lipinski definition) is 2. The van der Waals surface area contributed by atoms with Crippen LogP contribution in [0.5, 0.6) is 0 Å². The van der Waals surface area contributed by atoms with Gasteiger partial charge in [-0.15, -0.1) is 0 Å². The van der Waals surface area contributed by atoms with Crippen molar-refractivity contribution in [3.05, 3.63) is 16.0 Å². The van der Waals surface area contributed by atoms with E-state index in [0.29, 0.717) is 0 Å². The summed E-state index contributed by atoms with van der Waals surface area (Å²) in [5.41, 5.74) is 13.5. The molecule has 0 fully saturated rings. The van der Waals surface area contributed by atoms with Crippen LogP contribution < -0.4 is 0 Å². The average Bonchev–Trinajstić information content (AvgIpc) is 1.85. The Labute approximate surface area is 61.7 Å². The van der Waals surface area contributed by atoms with Crippen molar-refractivity contribution in [2.24, 2.45) is 0 Å². The highest BCUT2D eigenvalue weighted by Gasteiger charge is 2.00. The molecule has 0 rings (SSSR count). The van der Waals surface area contributed by atoms with Crippen LogP contribution in [0.3, 0.4) is 0 Å². The van der Waals surface area contributed by atoms with Crippen LogP contribution in [0.25, 0.3) is 16.0 Å². The van der Waals surface area contributed by atoms with Crippen LogP contribution in [0.1, 0.15) is 12.8 Å². The van der Waals surface area contributed by atoms with Gasteiger partial charge in [0.1, 0.15) is 0 Å². The third-order valence-corrected chi connectivity index (χ3v) is 0.553. The number of carbonyl (C=O) groups is 2. The minimum absolute atomic E-state index is 0.296. The molecule has 7 heteroatoms. The largest absolute Gasteiger partial charge is 0.481 e. The molecule has 0 bridgehead atoms. The summed E-state index contributed by atoms with van der Waals surface area (Å²) in [7, 11) is 0. The highest BCUT2D eigenvalue weighted by atomic mass is 16.4. The quantitative estimate of drug-likeness (QED) is 0.358. The minimum Gasteiger partial charge on any atom is -0.481 e. The van der Waals surface area contributed by atoms with E-state index in [1.165, 1.54) is 4.91 Å². The zero-order chi connectivity index (χ0) is 9.28. The van der Waals surface area contributed by atoms with E-state index in [4.69, 9.17) is 21.3 Å². The van der Waals surface area contributed by atoms with Crippen molar-refractivity contribution in [3.63, 3.8) is 0 Å². The van der Waals surface area contributed by atoms with Crippen molar-refractivity contribution in [3.8, 4) is 0 Å². The summed E-state index contributed by atoms with van der Waals surface area (Å²) >= 11 is 0. The highest BCUT2D eigenvalue weighted by molar-refractivity contribution is 5.75. The van der Waals surface area contributed by atoms with Gasteiger partial charge in [0.2, 0.25) is 0 Å². The second-order valence-electron chi connectivity index (χ2n) is 1.38. The highest BCUT2D eigenvalue weighted by Crippen LogP contribution is 1.85. The van der Waals surface area contributed by atoms with Crippen LogP contribution in [0.15, 0.2) is 0 Å². The van der Waals surface area contributed by atoms with Crippen LogP contribution in [0.2, 0.25) is 0 Å². The Hall–Kier alpha value is -1.75. The van der Waals surface area contributed by atoms with Gasteiger partial charge in [-0.05, 0) is 0 Å². The second kappa shape index (κ2) is 8.25. The molecular weight excluding hydrogens is 154 g/mol. The van der Waals surface area contributed by atoms with Crippen molar-refractivity contribution in [1.82, 2.24) is 0 Å². The first-order valence-electron chi connectivity index (χ1n) is 2.46. The summed E-state index contributed by atoms with van der Waals surface area (Å²) in [6, 6.07) is 0. The molecule has 0 saturated heterocycles. The fraction of sp³-hybridized carbons (Fsp3) is 0.500. The van der Waals surface area contributed by atoms with Crippen molar-refractivity contribution >= 4 is 11.9 Å². The standard InChI is InChI=1S/C4H6O4.N3/c5-3(6)1-2-4(7)8;1-3-2/h1-2H2,(H,5,6)(H,7,8);/q;-1. The van der Waals surface area contributed by atoms with Crippen LogP contribution in [0, 0.1) is 0 Å². The number of nitrogens with zero attached hydrogens (tertiary/aromatic N) is 3. The number of carboxylic acid groups (broad SMARTS) is 2. The summed E-state index contributed by atoms with van der Waals surface area (Å²) in [5, 5.41) is 15.8. The average molecular weight is 160 g/mol. The van der Waals surface area contributed by atoms with Gasteiger partial charge in [0.05, 0.1) is 12.8 Å². The fourth-order valence-corrected chi connectivity index (χ4v) is 0.214. The van der Waals surface area contributed by atoms with Gasteiger partial charge in [0.15, 0.2) is 0 Å². The molecule has 0 atom stereocenters. The number of rotatable bonds is 3. The zero-order valence-electron chi connectivity index (χ0n) is 5.47. The minimum atomic E-state index is -1.08. The van der Waals surface area contributed by atoms with E-state index >= 15 is 0 Å². The third kappa shape index (κ3) is 30.5. The predicted molar refractivity (Wildman–Crippen MR) is 34.6 cm³/mol. The molecule has 62 valence electrons. The monoisotopic (exact) mass is 160 g/mol. The fourth-order valence-electron chi connectivity index (χ4n) is 0.214. The Bertz CT molecular complexity index is 158. The van der Waals surface area contributed by atoms with Crippen molar-refractivity contribution in [1.29, 1.82) is 0 Å². The van der Waals surface area contributed by atoms with Gasteiger partial charge in [-0.1, -0.05) is 0 Å². The maximum atomic E-state index is 9.64. The van der Waals surface area contributed by atoms with Gasteiger partial charge in [0, 0.05) is 0 Å². The zero-order valence-corrected chi connectivity index (χ0v) is 5.47. The van der Waals surface area contributed by atoms with E-state index in [2.05, 4.69) is 0 Å². The summed E-state index contributed by atoms with van der Waals surface area (Å²) in [5.74, 6) is -2.15. The van der Waals surface area contributed by atoms with Gasteiger partial charge < -0.3 is 21.3 Å². The molecule has 0 aromatic heterocycles. The van der Waals surface area contributed by atoms with Crippen LogP contribution >= 0.6 is 0 Å². The van der Waals surface area contributed by atoms with Crippen molar-refractivity contribution in [2.45, 2.75) is 12.8 Å². The maximum absolute atomic E-state index is 9.64. The molecule has 2 N–H and O–H groups in total. The third-order valence-electron chi connectivity index (χ3n) is 0.553. The van der Waals surface area contributed by atoms with Crippen LogP contribution in [0.4, 0.5) is 0 Å². The molecule has 0 aliphatic rings.